The molecular weight excluding hydrogens is 1350 g/mol. The molecule has 0 spiro atoms. The van der Waals surface area contributed by atoms with Crippen molar-refractivity contribution in [2.45, 2.75) is 173 Å². The highest BCUT2D eigenvalue weighted by atomic mass is 33.8. The maximum Gasteiger partial charge on any atom is 0.808 e. The average Bonchev–Trinajstić information content (AvgIpc) is 3.39. The van der Waals surface area contributed by atoms with Crippen LogP contribution in [0.2, 0.25) is 0 Å². The predicted octanol–water partition coefficient (Wildman–Crippen LogP) is 17.9. The van der Waals surface area contributed by atoms with Gasteiger partial charge in [0.2, 0.25) is 0 Å². The zero-order chi connectivity index (χ0) is 56.6. The van der Waals surface area contributed by atoms with Crippen LogP contribution in [0.4, 0.5) is 0 Å². The minimum absolute atomic E-state index is 0.443. The fraction of sp³-hybridized carbons (Fsp3) is 0.955. The average molecular weight is 1440 g/mol. The summed E-state index contributed by atoms with van der Waals surface area (Å²) in [6, 6.07) is 0. The molecule has 0 radical (unpaired) electrons. The summed E-state index contributed by atoms with van der Waals surface area (Å²) in [6.07, 6.45) is 10.1. The number of rotatable bonds is 48. The molecule has 1 aliphatic carbocycles. The van der Waals surface area contributed by atoms with E-state index in [2.05, 4.69) is 111 Å². The van der Waals surface area contributed by atoms with Crippen LogP contribution in [0.3, 0.4) is 0 Å². The Bertz CT molecular complexity index is 1350. The van der Waals surface area contributed by atoms with Gasteiger partial charge in [-0.2, -0.15) is 0 Å². The van der Waals surface area contributed by atoms with Gasteiger partial charge in [0.25, 0.3) is 0 Å². The van der Waals surface area contributed by atoms with Crippen molar-refractivity contribution in [3.63, 3.8) is 0 Å². The molecule has 1 aliphatic rings. The van der Waals surface area contributed by atoms with E-state index >= 15 is 0 Å². The van der Waals surface area contributed by atoms with Crippen molar-refractivity contribution < 1.29 is 53.1 Å². The summed E-state index contributed by atoms with van der Waals surface area (Å²) in [5, 5.41) is 0. The molecule has 0 N–H and O–H groups in total. The highest BCUT2D eigenvalue weighted by Gasteiger charge is 2.71. The minimum atomic E-state index is -3.22. The Morgan fingerprint density at radius 2 is 0.579 bits per heavy atom. The van der Waals surface area contributed by atoms with Gasteiger partial charge in [-0.3, -0.25) is 0 Å². The van der Waals surface area contributed by atoms with Gasteiger partial charge in [-0.1, -0.05) is 66.2 Å². The van der Waals surface area contributed by atoms with E-state index in [1.807, 2.05) is 126 Å². The van der Waals surface area contributed by atoms with Crippen molar-refractivity contribution in [2.24, 2.45) is 0 Å². The highest BCUT2D eigenvalue weighted by molar-refractivity contribution is 9.33. The van der Waals surface area contributed by atoms with E-state index in [0.717, 1.165) is 55.1 Å². The largest absolute Gasteiger partial charge is 0.808 e. The van der Waals surface area contributed by atoms with Crippen molar-refractivity contribution in [3.8, 4) is 0 Å². The molecule has 0 saturated heterocycles. The number of hydrogen-bond acceptors (Lipinski definition) is 24. The summed E-state index contributed by atoms with van der Waals surface area (Å²) in [5.74, 6) is 3.62. The normalized spacial score (nSPS) is 18.6. The molecule has 4 unspecified atom stereocenters. The smallest absolute Gasteiger partial charge is 0.331 e. The van der Waals surface area contributed by atoms with E-state index in [4.69, 9.17) is 53.1 Å². The second kappa shape index (κ2) is 48.6. The Kier molecular flexibility index (Phi) is 51.0. The van der Waals surface area contributed by atoms with Crippen molar-refractivity contribution in [1.29, 1.82) is 0 Å². The summed E-state index contributed by atoms with van der Waals surface area (Å²) in [4.78, 5) is 2.76. The molecule has 76 heavy (non-hydrogen) atoms. The zero-order valence-corrected chi connectivity index (χ0v) is 65.7. The highest BCUT2D eigenvalue weighted by Crippen LogP contribution is 2.69. The first-order valence-corrected chi connectivity index (χ1v) is 58.6. The predicted molar refractivity (Wildman–Crippen MR) is 377 cm³/mol. The van der Waals surface area contributed by atoms with Gasteiger partial charge < -0.3 is 53.1 Å². The van der Waals surface area contributed by atoms with Gasteiger partial charge in [0.05, 0.1) is 43.2 Å². The van der Waals surface area contributed by atoms with Crippen LogP contribution in [0.1, 0.15) is 169 Å². The lowest BCUT2D eigenvalue weighted by Crippen LogP contribution is -2.51. The third kappa shape index (κ3) is 27.2. The van der Waals surface area contributed by atoms with Gasteiger partial charge in [0.1, 0.15) is 4.08 Å². The van der Waals surface area contributed by atoms with E-state index in [1.54, 1.807) is 0 Å². The Morgan fingerprint density at radius 3 is 0.855 bits per heavy atom. The van der Waals surface area contributed by atoms with Gasteiger partial charge in [0.15, 0.2) is 72.9 Å². The van der Waals surface area contributed by atoms with E-state index in [0.29, 0.717) is 79.3 Å². The standard InChI is InChI=1S/C44H98O12S16Si4/c1-17-45-73(46-18-2,47-19-3)69(57-29-13)65-61-42-40-38-36-34-33-35-37-39-41-44(63-67-71(59-31-15)75(51-23-7,52-24-8)53-25-9,64-68-72(60-32-16)76(54-26-10,55-27-11)56-28-12)43(42)62-66-70(58-30-14)74(48-20-4,49-21-5)50-22-6/h17-41H2,1-16H3/q+4. The fourth-order valence-corrected chi connectivity index (χ4v) is 92.7. The summed E-state index contributed by atoms with van der Waals surface area (Å²) in [5.41, 5.74) is 0. The molecule has 0 bridgehead atoms. The van der Waals surface area contributed by atoms with E-state index in [9.17, 15) is 0 Å². The molecule has 1 rings (SSSR count). The maximum absolute atomic E-state index is 6.80. The van der Waals surface area contributed by atoms with E-state index < -0.39 is 69.5 Å². The van der Waals surface area contributed by atoms with Crippen LogP contribution in [0.25, 0.3) is 0 Å². The number of hydrogen-bond donors (Lipinski definition) is 0. The maximum atomic E-state index is 6.80. The third-order valence-corrected chi connectivity index (χ3v) is 87.9. The van der Waals surface area contributed by atoms with E-state index in [-0.39, 0.29) is 0 Å². The van der Waals surface area contributed by atoms with Crippen LogP contribution >= 0.6 is 126 Å². The molecule has 0 aromatic rings. The quantitative estimate of drug-likeness (QED) is 0.0249. The monoisotopic (exact) mass is 1440 g/mol. The first-order chi connectivity index (χ1) is 36.9. The molecule has 0 aliphatic heterocycles. The molecule has 0 aromatic carbocycles. The molecule has 0 aromatic heterocycles. The van der Waals surface area contributed by atoms with E-state index in [1.165, 1.54) is 35.5 Å². The lowest BCUT2D eigenvalue weighted by molar-refractivity contribution is 0.0958. The van der Waals surface area contributed by atoms with Crippen molar-refractivity contribution in [2.75, 3.05) is 102 Å². The van der Waals surface area contributed by atoms with Crippen LogP contribution in [0, 0.1) is 0 Å². The van der Waals surface area contributed by atoms with Gasteiger partial charge in [-0.15, -0.1) is 0 Å². The third-order valence-electron chi connectivity index (χ3n) is 9.41. The Balaban J connectivity index is 4.88. The molecule has 4 atom stereocenters. The summed E-state index contributed by atoms with van der Waals surface area (Å²) in [7, 11) is 8.54. The second-order valence-electron chi connectivity index (χ2n) is 14.8. The molecule has 32 heteroatoms. The molecule has 0 saturated carbocycles. The lowest BCUT2D eigenvalue weighted by Gasteiger charge is -2.34. The van der Waals surface area contributed by atoms with Gasteiger partial charge in [-0.05, 0) is 146 Å². The molecular formula is C44H98O12S16Si4+4. The first kappa shape index (κ1) is 79.7. The van der Waals surface area contributed by atoms with Gasteiger partial charge in [0, 0.05) is 112 Å². The van der Waals surface area contributed by atoms with Crippen LogP contribution in [0.5, 0.6) is 0 Å². The van der Waals surface area contributed by atoms with Crippen molar-refractivity contribution in [3.05, 3.63) is 9.81 Å². The molecule has 0 amide bonds. The summed E-state index contributed by atoms with van der Waals surface area (Å²) < 4.78 is 80.8. The van der Waals surface area contributed by atoms with Crippen molar-refractivity contribution >= 4 is 191 Å². The summed E-state index contributed by atoms with van der Waals surface area (Å²) in [6.45, 7) is 40.0. The fourth-order valence-electron chi connectivity index (χ4n) is 6.80. The number of allylic oxidation sites excluding steroid dienone is 1. The minimum Gasteiger partial charge on any atom is -0.331 e. The van der Waals surface area contributed by atoms with Crippen molar-refractivity contribution in [1.82, 2.24) is 0 Å². The lowest BCUT2D eigenvalue weighted by atomic mass is 10.0. The van der Waals surface area contributed by atoms with Crippen LogP contribution in [-0.2, 0) is 86.7 Å². The van der Waals surface area contributed by atoms with Crippen LogP contribution < -0.4 is 0 Å². The Labute approximate surface area is 522 Å². The molecule has 454 valence electrons. The molecule has 12 nitrogen and oxygen atoms in total. The van der Waals surface area contributed by atoms with Gasteiger partial charge in [-0.25, -0.2) is 0 Å². The van der Waals surface area contributed by atoms with Crippen LogP contribution in [-0.4, -0.2) is 138 Å². The Morgan fingerprint density at radius 1 is 0.329 bits per heavy atom. The second-order valence-corrected chi connectivity index (χ2v) is 71.1. The SMILES string of the molecule is CCO[Si](OCC)(OCC)[S+](SCC)SSC1=C(SS[S+](SCC)[Si](OCC)(OCC)OCC)C(SS[S+](SCC)[Si](OCC)(OCC)OCC)(SS[S+](SCC)[Si](OCC)(OCC)OCC)CCCCCCCCC1. The van der Waals surface area contributed by atoms with Gasteiger partial charge >= 0.3 is 31.8 Å². The zero-order valence-electron chi connectivity index (χ0n) is 48.6. The Hall–Kier alpha value is 5.73. The summed E-state index contributed by atoms with van der Waals surface area (Å²) >= 11 is 0. The molecule has 0 fully saturated rings. The molecule has 0 heterocycles. The topological polar surface area (TPSA) is 111 Å². The van der Waals surface area contributed by atoms with Crippen LogP contribution in [0.15, 0.2) is 9.81 Å². The first-order valence-electron chi connectivity index (χ1n) is 27.2.